The Morgan fingerprint density at radius 3 is 2.76 bits per heavy atom. The number of nitrogens with zero attached hydrogens (tertiary/aromatic N) is 2. The van der Waals surface area contributed by atoms with Gasteiger partial charge in [0.15, 0.2) is 5.69 Å². The van der Waals surface area contributed by atoms with E-state index in [2.05, 4.69) is 15.9 Å². The fourth-order valence-electron chi connectivity index (χ4n) is 1.54. The number of aromatic nitrogens is 2. The van der Waals surface area contributed by atoms with Crippen molar-refractivity contribution in [2.45, 2.75) is 0 Å². The summed E-state index contributed by atoms with van der Waals surface area (Å²) in [6, 6.07) is 7.08. The largest absolute Gasteiger partial charge is 0.476 e. The Kier molecular flexibility index (Phi) is 2.84. The second-order valence-electron chi connectivity index (χ2n) is 3.28. The van der Waals surface area contributed by atoms with Crippen LogP contribution in [0.1, 0.15) is 16.1 Å². The van der Waals surface area contributed by atoms with Crippen LogP contribution in [0.15, 0.2) is 36.8 Å². The zero-order valence-corrected chi connectivity index (χ0v) is 8.79. The van der Waals surface area contributed by atoms with Crippen LogP contribution in [-0.2, 0) is 0 Å². The molecule has 4 nitrogen and oxygen atoms in total. The minimum atomic E-state index is -1.10. The molecule has 0 fully saturated rings. The zero-order valence-electron chi connectivity index (χ0n) is 8.79. The Bertz CT molecular complexity index is 615. The molecular formula is C13H8N2O2. The standard InChI is InChI=1S/C13H8N2O2/c1-2-9-5-3-4-6-10(9)11-7-14-8-15-12(11)13(16)17/h1,3-8H,(H,16,17). The van der Waals surface area contributed by atoms with Gasteiger partial charge in [0.25, 0.3) is 0 Å². The van der Waals surface area contributed by atoms with Gasteiger partial charge in [-0.1, -0.05) is 24.1 Å². The highest BCUT2D eigenvalue weighted by atomic mass is 16.4. The highest BCUT2D eigenvalue weighted by molar-refractivity contribution is 5.94. The van der Waals surface area contributed by atoms with Gasteiger partial charge in [0.2, 0.25) is 0 Å². The normalized spacial score (nSPS) is 9.59. The first kappa shape index (κ1) is 10.8. The van der Waals surface area contributed by atoms with Crippen molar-refractivity contribution in [3.05, 3.63) is 48.0 Å². The van der Waals surface area contributed by atoms with Gasteiger partial charge in [-0.3, -0.25) is 0 Å². The number of benzene rings is 1. The average Bonchev–Trinajstić information content (AvgIpc) is 2.38. The molecule has 2 rings (SSSR count). The maximum atomic E-state index is 11.1. The van der Waals surface area contributed by atoms with E-state index in [0.29, 0.717) is 16.7 Å². The zero-order chi connectivity index (χ0) is 12.3. The number of hydrogen-bond donors (Lipinski definition) is 1. The lowest BCUT2D eigenvalue weighted by Gasteiger charge is -2.06. The first-order chi connectivity index (χ1) is 8.24. The molecule has 0 radical (unpaired) electrons. The third kappa shape index (κ3) is 1.99. The smallest absolute Gasteiger partial charge is 0.355 e. The second kappa shape index (κ2) is 4.45. The molecule has 0 saturated heterocycles. The second-order valence-corrected chi connectivity index (χ2v) is 3.28. The summed E-state index contributed by atoms with van der Waals surface area (Å²) in [5.74, 6) is 1.41. The van der Waals surface area contributed by atoms with Crippen molar-refractivity contribution in [3.8, 4) is 23.5 Å². The van der Waals surface area contributed by atoms with E-state index in [1.165, 1.54) is 12.5 Å². The summed E-state index contributed by atoms with van der Waals surface area (Å²) in [7, 11) is 0. The molecule has 0 spiro atoms. The Morgan fingerprint density at radius 2 is 2.06 bits per heavy atom. The van der Waals surface area contributed by atoms with Crippen molar-refractivity contribution in [1.29, 1.82) is 0 Å². The van der Waals surface area contributed by atoms with Crippen molar-refractivity contribution in [3.63, 3.8) is 0 Å². The molecule has 2 aromatic rings. The van der Waals surface area contributed by atoms with Gasteiger partial charge in [-0.25, -0.2) is 14.8 Å². The summed E-state index contributed by atoms with van der Waals surface area (Å²) in [4.78, 5) is 18.6. The van der Waals surface area contributed by atoms with E-state index in [0.717, 1.165) is 0 Å². The number of terminal acetylenes is 1. The van der Waals surface area contributed by atoms with Gasteiger partial charge in [0, 0.05) is 22.9 Å². The van der Waals surface area contributed by atoms with Gasteiger partial charge < -0.3 is 5.11 Å². The summed E-state index contributed by atoms with van der Waals surface area (Å²) in [6.07, 6.45) is 8.03. The number of aromatic carboxylic acids is 1. The lowest BCUT2D eigenvalue weighted by Crippen LogP contribution is -2.04. The Morgan fingerprint density at radius 1 is 1.29 bits per heavy atom. The first-order valence-electron chi connectivity index (χ1n) is 4.83. The van der Waals surface area contributed by atoms with Gasteiger partial charge in [-0.2, -0.15) is 0 Å². The van der Waals surface area contributed by atoms with Crippen LogP contribution < -0.4 is 0 Å². The lowest BCUT2D eigenvalue weighted by atomic mass is 10.00. The molecule has 1 aromatic heterocycles. The first-order valence-corrected chi connectivity index (χ1v) is 4.83. The van der Waals surface area contributed by atoms with Crippen LogP contribution in [0.3, 0.4) is 0 Å². The van der Waals surface area contributed by atoms with Gasteiger partial charge in [-0.05, 0) is 6.07 Å². The summed E-state index contributed by atoms with van der Waals surface area (Å²) in [5, 5.41) is 9.05. The van der Waals surface area contributed by atoms with Crippen molar-refractivity contribution < 1.29 is 9.90 Å². The van der Waals surface area contributed by atoms with E-state index in [4.69, 9.17) is 11.5 Å². The van der Waals surface area contributed by atoms with Gasteiger partial charge in [0.05, 0.1) is 0 Å². The molecular weight excluding hydrogens is 216 g/mol. The fourth-order valence-corrected chi connectivity index (χ4v) is 1.54. The molecule has 0 saturated carbocycles. The maximum Gasteiger partial charge on any atom is 0.355 e. The molecule has 0 aliphatic heterocycles. The minimum Gasteiger partial charge on any atom is -0.476 e. The van der Waals surface area contributed by atoms with Crippen LogP contribution in [0.5, 0.6) is 0 Å². The fraction of sp³-hybridized carbons (Fsp3) is 0. The van der Waals surface area contributed by atoms with Crippen LogP contribution in [-0.4, -0.2) is 21.0 Å². The van der Waals surface area contributed by atoms with Gasteiger partial charge in [-0.15, -0.1) is 6.42 Å². The van der Waals surface area contributed by atoms with Crippen LogP contribution in [0, 0.1) is 12.3 Å². The maximum absolute atomic E-state index is 11.1. The van der Waals surface area contributed by atoms with Crippen LogP contribution in [0.25, 0.3) is 11.1 Å². The summed E-state index contributed by atoms with van der Waals surface area (Å²) in [6.45, 7) is 0. The Balaban J connectivity index is 2.69. The number of hydrogen-bond acceptors (Lipinski definition) is 3. The summed E-state index contributed by atoms with van der Waals surface area (Å²) >= 11 is 0. The van der Waals surface area contributed by atoms with Crippen molar-refractivity contribution in [1.82, 2.24) is 9.97 Å². The molecule has 0 unspecified atom stereocenters. The molecule has 0 amide bonds. The third-order valence-electron chi connectivity index (χ3n) is 2.29. The number of carbonyl (C=O) groups is 1. The van der Waals surface area contributed by atoms with E-state index in [1.54, 1.807) is 24.3 Å². The van der Waals surface area contributed by atoms with Crippen molar-refractivity contribution in [2.24, 2.45) is 0 Å². The average molecular weight is 224 g/mol. The van der Waals surface area contributed by atoms with Crippen LogP contribution in [0.2, 0.25) is 0 Å². The van der Waals surface area contributed by atoms with Crippen molar-refractivity contribution >= 4 is 5.97 Å². The monoisotopic (exact) mass is 224 g/mol. The van der Waals surface area contributed by atoms with E-state index in [1.807, 2.05) is 0 Å². The Hall–Kier alpha value is -2.67. The topological polar surface area (TPSA) is 63.1 Å². The van der Waals surface area contributed by atoms with Crippen LogP contribution >= 0.6 is 0 Å². The molecule has 1 aromatic carbocycles. The van der Waals surface area contributed by atoms with Gasteiger partial charge >= 0.3 is 5.97 Å². The summed E-state index contributed by atoms with van der Waals surface area (Å²) in [5.41, 5.74) is 1.63. The predicted octanol–water partition coefficient (Wildman–Crippen LogP) is 1.82. The van der Waals surface area contributed by atoms with E-state index in [9.17, 15) is 4.79 Å². The highest BCUT2D eigenvalue weighted by Crippen LogP contribution is 2.24. The molecule has 0 atom stereocenters. The van der Waals surface area contributed by atoms with Crippen LogP contribution in [0.4, 0.5) is 0 Å². The van der Waals surface area contributed by atoms with E-state index >= 15 is 0 Å². The highest BCUT2D eigenvalue weighted by Gasteiger charge is 2.14. The van der Waals surface area contributed by atoms with E-state index < -0.39 is 5.97 Å². The summed E-state index contributed by atoms with van der Waals surface area (Å²) < 4.78 is 0. The number of rotatable bonds is 2. The quantitative estimate of drug-likeness (QED) is 0.790. The van der Waals surface area contributed by atoms with E-state index in [-0.39, 0.29) is 5.69 Å². The molecule has 1 heterocycles. The predicted molar refractivity (Wildman–Crippen MR) is 62.4 cm³/mol. The molecule has 4 heteroatoms. The molecule has 82 valence electrons. The molecule has 0 bridgehead atoms. The SMILES string of the molecule is C#Cc1ccccc1-c1cncnc1C(=O)O. The van der Waals surface area contributed by atoms with Crippen molar-refractivity contribution in [2.75, 3.05) is 0 Å². The molecule has 1 N–H and O–H groups in total. The molecule has 0 aliphatic carbocycles. The minimum absolute atomic E-state index is 0.0531. The number of carboxylic acids is 1. The Labute approximate surface area is 98.0 Å². The molecule has 17 heavy (non-hydrogen) atoms. The van der Waals surface area contributed by atoms with Gasteiger partial charge in [0.1, 0.15) is 6.33 Å². The lowest BCUT2D eigenvalue weighted by molar-refractivity contribution is 0.0691. The third-order valence-corrected chi connectivity index (χ3v) is 2.29. The number of carboxylic acid groups (broad SMARTS) is 1. The molecule has 0 aliphatic rings.